The van der Waals surface area contributed by atoms with Crippen molar-refractivity contribution in [1.29, 1.82) is 0 Å². The molecule has 0 unspecified atom stereocenters. The summed E-state index contributed by atoms with van der Waals surface area (Å²) in [7, 11) is 0. The normalized spacial score (nSPS) is 11.1. The number of furan rings is 1. The summed E-state index contributed by atoms with van der Waals surface area (Å²) in [6.07, 6.45) is 3.17. The summed E-state index contributed by atoms with van der Waals surface area (Å²) in [5, 5.41) is 3.50. The number of rotatable bonds is 5. The molecule has 0 spiro atoms. The van der Waals surface area contributed by atoms with Gasteiger partial charge in [0.05, 0.1) is 5.69 Å². The van der Waals surface area contributed by atoms with Gasteiger partial charge in [-0.05, 0) is 55.0 Å². The fraction of sp³-hybridized carbons (Fsp3) is 0.0400. The SMILES string of the molecule is Cc1ccc(C=CC(=O)Nc2c(C(=O)c3ccc(Br)cc3)oc3ccccc23)cc1. The number of hydrogen-bond acceptors (Lipinski definition) is 3. The Morgan fingerprint density at radius 2 is 1.63 bits per heavy atom. The number of anilines is 1. The van der Waals surface area contributed by atoms with Crippen molar-refractivity contribution in [3.05, 3.63) is 106 Å². The van der Waals surface area contributed by atoms with Crippen molar-refractivity contribution in [2.24, 2.45) is 0 Å². The van der Waals surface area contributed by atoms with Crippen molar-refractivity contribution in [2.45, 2.75) is 6.92 Å². The molecule has 0 atom stereocenters. The number of carbonyl (C=O) groups is 2. The third-order valence-corrected chi connectivity index (χ3v) is 5.19. The van der Waals surface area contributed by atoms with E-state index in [2.05, 4.69) is 21.2 Å². The van der Waals surface area contributed by atoms with Gasteiger partial charge in [-0.15, -0.1) is 0 Å². The molecule has 0 fully saturated rings. The Kier molecular flexibility index (Phi) is 5.63. The summed E-state index contributed by atoms with van der Waals surface area (Å²) in [5.41, 5.74) is 3.45. The topological polar surface area (TPSA) is 59.3 Å². The Hall–Kier alpha value is -3.44. The highest BCUT2D eigenvalue weighted by Gasteiger charge is 2.22. The van der Waals surface area contributed by atoms with Crippen LogP contribution < -0.4 is 5.32 Å². The number of hydrogen-bond donors (Lipinski definition) is 1. The zero-order valence-electron chi connectivity index (χ0n) is 16.2. The summed E-state index contributed by atoms with van der Waals surface area (Å²) in [4.78, 5) is 25.7. The number of ketones is 1. The van der Waals surface area contributed by atoms with Gasteiger partial charge in [-0.25, -0.2) is 0 Å². The summed E-state index contributed by atoms with van der Waals surface area (Å²) >= 11 is 3.37. The number of fused-ring (bicyclic) bond motifs is 1. The van der Waals surface area contributed by atoms with Crippen LogP contribution in [-0.4, -0.2) is 11.7 Å². The molecule has 1 N–H and O–H groups in total. The molecule has 0 radical (unpaired) electrons. The van der Waals surface area contributed by atoms with E-state index in [0.717, 1.165) is 15.6 Å². The van der Waals surface area contributed by atoms with Gasteiger partial charge in [-0.3, -0.25) is 9.59 Å². The predicted octanol–water partition coefficient (Wildman–Crippen LogP) is 6.39. The molecule has 4 aromatic rings. The Morgan fingerprint density at radius 3 is 2.37 bits per heavy atom. The Balaban J connectivity index is 1.66. The van der Waals surface area contributed by atoms with Crippen LogP contribution in [0.25, 0.3) is 17.0 Å². The summed E-state index contributed by atoms with van der Waals surface area (Å²) in [5.74, 6) is -0.529. The first-order valence-corrected chi connectivity index (χ1v) is 10.2. The maximum absolute atomic E-state index is 13.1. The molecule has 0 aliphatic carbocycles. The van der Waals surface area contributed by atoms with Gasteiger partial charge in [0.2, 0.25) is 11.7 Å². The highest BCUT2D eigenvalue weighted by atomic mass is 79.9. The van der Waals surface area contributed by atoms with E-state index in [1.807, 2.05) is 49.4 Å². The highest BCUT2D eigenvalue weighted by Crippen LogP contribution is 2.32. The lowest BCUT2D eigenvalue weighted by atomic mass is 10.1. The fourth-order valence-corrected chi connectivity index (χ4v) is 3.34. The molecule has 0 saturated heterocycles. The first-order chi connectivity index (χ1) is 14.5. The first-order valence-electron chi connectivity index (χ1n) is 9.39. The number of benzene rings is 3. The summed E-state index contributed by atoms with van der Waals surface area (Å²) < 4.78 is 6.70. The quantitative estimate of drug-likeness (QED) is 0.278. The number of para-hydroxylation sites is 1. The molecule has 4 nitrogen and oxygen atoms in total. The van der Waals surface area contributed by atoms with E-state index >= 15 is 0 Å². The van der Waals surface area contributed by atoms with E-state index in [9.17, 15) is 9.59 Å². The second-order valence-corrected chi connectivity index (χ2v) is 7.79. The maximum atomic E-state index is 13.1. The Morgan fingerprint density at radius 1 is 0.933 bits per heavy atom. The van der Waals surface area contributed by atoms with Crippen LogP contribution in [-0.2, 0) is 4.79 Å². The van der Waals surface area contributed by atoms with E-state index in [-0.39, 0.29) is 17.5 Å². The number of carbonyl (C=O) groups excluding carboxylic acids is 2. The van der Waals surface area contributed by atoms with Gasteiger partial charge in [0.1, 0.15) is 5.58 Å². The number of amides is 1. The van der Waals surface area contributed by atoms with Gasteiger partial charge < -0.3 is 9.73 Å². The van der Waals surface area contributed by atoms with Crippen LogP contribution >= 0.6 is 15.9 Å². The standard InChI is InChI=1S/C25H18BrNO3/c1-16-6-8-17(9-7-16)10-15-22(28)27-23-20-4-2-3-5-21(20)30-25(23)24(29)18-11-13-19(26)14-12-18/h2-15H,1H3,(H,27,28). The molecular formula is C25H18BrNO3. The van der Waals surface area contributed by atoms with Gasteiger partial charge in [0.25, 0.3) is 0 Å². The van der Waals surface area contributed by atoms with Crippen molar-refractivity contribution in [2.75, 3.05) is 5.32 Å². The number of nitrogens with one attached hydrogen (secondary N) is 1. The number of halogens is 1. The molecule has 1 amide bonds. The smallest absolute Gasteiger partial charge is 0.248 e. The van der Waals surface area contributed by atoms with Gasteiger partial charge >= 0.3 is 0 Å². The van der Waals surface area contributed by atoms with Crippen LogP contribution in [0.1, 0.15) is 27.2 Å². The van der Waals surface area contributed by atoms with Gasteiger partial charge in [-0.2, -0.15) is 0 Å². The van der Waals surface area contributed by atoms with E-state index in [1.165, 1.54) is 6.08 Å². The minimum absolute atomic E-state index is 0.107. The van der Waals surface area contributed by atoms with Crippen LogP contribution in [0.2, 0.25) is 0 Å². The van der Waals surface area contributed by atoms with Crippen molar-refractivity contribution in [3.8, 4) is 0 Å². The van der Waals surface area contributed by atoms with Gasteiger partial charge in [0, 0.05) is 21.5 Å². The van der Waals surface area contributed by atoms with E-state index in [4.69, 9.17) is 4.42 Å². The van der Waals surface area contributed by atoms with Crippen LogP contribution in [0.15, 0.2) is 87.8 Å². The van der Waals surface area contributed by atoms with Crippen molar-refractivity contribution < 1.29 is 14.0 Å². The van der Waals surface area contributed by atoms with E-state index < -0.39 is 0 Å². The van der Waals surface area contributed by atoms with Crippen molar-refractivity contribution in [3.63, 3.8) is 0 Å². The van der Waals surface area contributed by atoms with Crippen LogP contribution in [0.4, 0.5) is 5.69 Å². The van der Waals surface area contributed by atoms with Crippen LogP contribution in [0.3, 0.4) is 0 Å². The molecule has 4 rings (SSSR count). The second-order valence-electron chi connectivity index (χ2n) is 6.87. The maximum Gasteiger partial charge on any atom is 0.248 e. The molecule has 148 valence electrons. The average Bonchev–Trinajstić information content (AvgIpc) is 3.12. The molecule has 0 aliphatic heterocycles. The minimum Gasteiger partial charge on any atom is -0.450 e. The zero-order valence-corrected chi connectivity index (χ0v) is 17.8. The molecule has 0 saturated carbocycles. The lowest BCUT2D eigenvalue weighted by molar-refractivity contribution is -0.111. The van der Waals surface area contributed by atoms with Crippen LogP contribution in [0, 0.1) is 6.92 Å². The molecule has 5 heteroatoms. The number of aryl methyl sites for hydroxylation is 1. The lowest BCUT2D eigenvalue weighted by Crippen LogP contribution is -2.11. The minimum atomic E-state index is -0.341. The monoisotopic (exact) mass is 459 g/mol. The molecule has 0 aliphatic rings. The van der Waals surface area contributed by atoms with E-state index in [1.54, 1.807) is 36.4 Å². The highest BCUT2D eigenvalue weighted by molar-refractivity contribution is 9.10. The average molecular weight is 460 g/mol. The largest absolute Gasteiger partial charge is 0.450 e. The molecule has 3 aromatic carbocycles. The Bertz CT molecular complexity index is 1250. The van der Waals surface area contributed by atoms with Crippen molar-refractivity contribution >= 4 is 50.4 Å². The fourth-order valence-electron chi connectivity index (χ4n) is 3.08. The lowest BCUT2D eigenvalue weighted by Gasteiger charge is -2.04. The molecule has 30 heavy (non-hydrogen) atoms. The molecule has 0 bridgehead atoms. The first kappa shape index (κ1) is 19.9. The third kappa shape index (κ3) is 4.26. The third-order valence-electron chi connectivity index (χ3n) is 4.66. The molecular weight excluding hydrogens is 442 g/mol. The van der Waals surface area contributed by atoms with E-state index in [0.29, 0.717) is 22.2 Å². The summed E-state index contributed by atoms with van der Waals surface area (Å²) in [6.45, 7) is 2.01. The van der Waals surface area contributed by atoms with Gasteiger partial charge in [0.15, 0.2) is 5.76 Å². The van der Waals surface area contributed by atoms with Gasteiger partial charge in [-0.1, -0.05) is 57.9 Å². The van der Waals surface area contributed by atoms with Crippen LogP contribution in [0.5, 0.6) is 0 Å². The molecule has 1 heterocycles. The molecule has 1 aromatic heterocycles. The zero-order chi connectivity index (χ0) is 21.1. The predicted molar refractivity (Wildman–Crippen MR) is 123 cm³/mol. The van der Waals surface area contributed by atoms with Crippen molar-refractivity contribution in [1.82, 2.24) is 0 Å². The summed E-state index contributed by atoms with van der Waals surface area (Å²) in [6, 6.07) is 22.1. The second kappa shape index (κ2) is 8.51. The Labute approximate surface area is 182 Å².